The molecule has 3 N–H and O–H groups in total. The molecule has 3 rings (SSSR count). The van der Waals surface area contributed by atoms with E-state index in [2.05, 4.69) is 15.3 Å². The van der Waals surface area contributed by atoms with Crippen LogP contribution in [0.15, 0.2) is 24.5 Å². The molecule has 0 saturated heterocycles. The van der Waals surface area contributed by atoms with E-state index in [-0.39, 0.29) is 11.6 Å². The fourth-order valence-corrected chi connectivity index (χ4v) is 2.21. The summed E-state index contributed by atoms with van der Waals surface area (Å²) in [6.45, 7) is 0. The highest BCUT2D eigenvalue weighted by Crippen LogP contribution is 2.29. The number of aromatic amines is 1. The van der Waals surface area contributed by atoms with Crippen LogP contribution in [0, 0.1) is 0 Å². The Hall–Kier alpha value is -2.63. The summed E-state index contributed by atoms with van der Waals surface area (Å²) in [4.78, 5) is 29.0. The lowest BCUT2D eigenvalue weighted by Crippen LogP contribution is -2.18. The summed E-state index contributed by atoms with van der Waals surface area (Å²) >= 11 is 0. The normalized spacial score (nSPS) is 13.8. The molecule has 0 fully saturated rings. The molecule has 1 aliphatic rings. The number of fused-ring (bicyclic) bond motifs is 1. The third-order valence-electron chi connectivity index (χ3n) is 3.13. The van der Waals surface area contributed by atoms with E-state index in [4.69, 9.17) is 5.11 Å². The third kappa shape index (κ3) is 1.97. The molecule has 1 aliphatic heterocycles. The number of carboxylic acids is 1. The first-order chi connectivity index (χ1) is 9.15. The Balaban J connectivity index is 2.05. The van der Waals surface area contributed by atoms with E-state index in [9.17, 15) is 9.59 Å². The van der Waals surface area contributed by atoms with Gasteiger partial charge in [-0.3, -0.25) is 4.79 Å². The second-order valence-corrected chi connectivity index (χ2v) is 4.35. The Morgan fingerprint density at radius 1 is 1.32 bits per heavy atom. The maximum absolute atomic E-state index is 11.3. The van der Waals surface area contributed by atoms with Gasteiger partial charge in [-0.1, -0.05) is 6.07 Å². The molecule has 0 bridgehead atoms. The number of benzene rings is 1. The molecule has 0 unspecified atom stereocenters. The number of imidazole rings is 1. The van der Waals surface area contributed by atoms with Gasteiger partial charge in [0.1, 0.15) is 5.69 Å². The van der Waals surface area contributed by atoms with Crippen LogP contribution in [-0.2, 0) is 11.2 Å². The van der Waals surface area contributed by atoms with Crippen molar-refractivity contribution in [2.24, 2.45) is 0 Å². The van der Waals surface area contributed by atoms with E-state index in [1.54, 1.807) is 12.1 Å². The van der Waals surface area contributed by atoms with Crippen molar-refractivity contribution >= 4 is 17.6 Å². The van der Waals surface area contributed by atoms with Crippen molar-refractivity contribution in [3.8, 4) is 11.3 Å². The largest absolute Gasteiger partial charge is 0.477 e. The zero-order valence-corrected chi connectivity index (χ0v) is 9.93. The van der Waals surface area contributed by atoms with Crippen molar-refractivity contribution in [1.29, 1.82) is 0 Å². The predicted octanol–water partition coefficient (Wildman–Crippen LogP) is 1.66. The van der Waals surface area contributed by atoms with Crippen molar-refractivity contribution in [3.63, 3.8) is 0 Å². The van der Waals surface area contributed by atoms with Gasteiger partial charge in [0, 0.05) is 17.7 Å². The number of aryl methyl sites for hydroxylation is 1. The fraction of sp³-hybridized carbons (Fsp3) is 0.154. The van der Waals surface area contributed by atoms with Crippen molar-refractivity contribution < 1.29 is 14.7 Å². The van der Waals surface area contributed by atoms with E-state index >= 15 is 0 Å². The standard InChI is InChI=1S/C13H11N3O3/c17-10-4-2-7-5-8(1-3-9(7)16-10)11-12(13(18)19)15-6-14-11/h1,3,5-6H,2,4H2,(H,14,15)(H,16,17)(H,18,19). The molecule has 96 valence electrons. The molecule has 0 spiro atoms. The quantitative estimate of drug-likeness (QED) is 0.762. The van der Waals surface area contributed by atoms with Crippen LogP contribution in [0.4, 0.5) is 5.69 Å². The predicted molar refractivity (Wildman–Crippen MR) is 67.9 cm³/mol. The average molecular weight is 257 g/mol. The summed E-state index contributed by atoms with van der Waals surface area (Å²) in [6, 6.07) is 5.41. The van der Waals surface area contributed by atoms with Crippen LogP contribution in [0.3, 0.4) is 0 Å². The zero-order valence-electron chi connectivity index (χ0n) is 9.93. The number of carbonyl (C=O) groups excluding carboxylic acids is 1. The summed E-state index contributed by atoms with van der Waals surface area (Å²) in [6.07, 6.45) is 2.46. The number of anilines is 1. The Morgan fingerprint density at radius 2 is 2.16 bits per heavy atom. The molecule has 6 heteroatoms. The van der Waals surface area contributed by atoms with Crippen LogP contribution in [-0.4, -0.2) is 27.0 Å². The SMILES string of the molecule is O=C1CCc2cc(-c3nc[nH]c3C(=O)O)ccc2N1. The Kier molecular flexibility index (Phi) is 2.56. The minimum absolute atomic E-state index is 0.00578. The molecule has 1 aromatic heterocycles. The molecule has 19 heavy (non-hydrogen) atoms. The van der Waals surface area contributed by atoms with Crippen LogP contribution >= 0.6 is 0 Å². The van der Waals surface area contributed by atoms with Crippen LogP contribution in [0.2, 0.25) is 0 Å². The topological polar surface area (TPSA) is 95.1 Å². The number of hydrogen-bond acceptors (Lipinski definition) is 3. The molecule has 0 radical (unpaired) electrons. The Bertz CT molecular complexity index is 676. The number of amides is 1. The molecular weight excluding hydrogens is 246 g/mol. The fourth-order valence-electron chi connectivity index (χ4n) is 2.21. The first kappa shape index (κ1) is 11.5. The summed E-state index contributed by atoms with van der Waals surface area (Å²) < 4.78 is 0. The number of carbonyl (C=O) groups is 2. The van der Waals surface area contributed by atoms with Gasteiger partial charge in [-0.05, 0) is 24.1 Å². The van der Waals surface area contributed by atoms with Crippen LogP contribution in [0.1, 0.15) is 22.5 Å². The number of nitrogens with zero attached hydrogens (tertiary/aromatic N) is 1. The smallest absolute Gasteiger partial charge is 0.354 e. The number of H-pyrrole nitrogens is 1. The van der Waals surface area contributed by atoms with Gasteiger partial charge >= 0.3 is 5.97 Å². The van der Waals surface area contributed by atoms with E-state index < -0.39 is 5.97 Å². The lowest BCUT2D eigenvalue weighted by Gasteiger charge is -2.17. The molecule has 2 aromatic rings. The molecule has 2 heterocycles. The number of aromatic nitrogens is 2. The maximum Gasteiger partial charge on any atom is 0.354 e. The maximum atomic E-state index is 11.3. The first-order valence-electron chi connectivity index (χ1n) is 5.85. The number of rotatable bonds is 2. The Labute approximate surface area is 108 Å². The molecule has 0 atom stereocenters. The van der Waals surface area contributed by atoms with E-state index in [0.29, 0.717) is 18.5 Å². The zero-order chi connectivity index (χ0) is 13.4. The van der Waals surface area contributed by atoms with Gasteiger partial charge in [-0.15, -0.1) is 0 Å². The Morgan fingerprint density at radius 3 is 2.95 bits per heavy atom. The minimum atomic E-state index is -1.04. The van der Waals surface area contributed by atoms with Gasteiger partial charge in [0.2, 0.25) is 5.91 Å². The van der Waals surface area contributed by atoms with Gasteiger partial charge in [0.05, 0.1) is 6.33 Å². The second kappa shape index (κ2) is 4.24. The average Bonchev–Trinajstić information content (AvgIpc) is 2.87. The molecule has 1 amide bonds. The summed E-state index contributed by atoms with van der Waals surface area (Å²) in [5.74, 6) is -1.04. The van der Waals surface area contributed by atoms with Crippen LogP contribution < -0.4 is 5.32 Å². The van der Waals surface area contributed by atoms with Crippen molar-refractivity contribution in [1.82, 2.24) is 9.97 Å². The number of hydrogen-bond donors (Lipinski definition) is 3. The lowest BCUT2D eigenvalue weighted by atomic mass is 9.98. The van der Waals surface area contributed by atoms with Gasteiger partial charge in [-0.25, -0.2) is 9.78 Å². The minimum Gasteiger partial charge on any atom is -0.477 e. The van der Waals surface area contributed by atoms with Crippen LogP contribution in [0.5, 0.6) is 0 Å². The summed E-state index contributed by atoms with van der Waals surface area (Å²) in [5, 5.41) is 11.8. The highest BCUT2D eigenvalue weighted by Gasteiger charge is 2.18. The van der Waals surface area contributed by atoms with Gasteiger partial charge in [-0.2, -0.15) is 0 Å². The highest BCUT2D eigenvalue weighted by atomic mass is 16.4. The monoisotopic (exact) mass is 257 g/mol. The number of aromatic carboxylic acids is 1. The van der Waals surface area contributed by atoms with E-state index in [0.717, 1.165) is 16.8 Å². The van der Waals surface area contributed by atoms with E-state index in [1.807, 2.05) is 6.07 Å². The lowest BCUT2D eigenvalue weighted by molar-refractivity contribution is -0.116. The van der Waals surface area contributed by atoms with Crippen molar-refractivity contribution in [2.75, 3.05) is 5.32 Å². The van der Waals surface area contributed by atoms with Crippen molar-refractivity contribution in [3.05, 3.63) is 35.8 Å². The van der Waals surface area contributed by atoms with Gasteiger partial charge in [0.15, 0.2) is 5.69 Å². The van der Waals surface area contributed by atoms with Crippen LogP contribution in [0.25, 0.3) is 11.3 Å². The third-order valence-corrected chi connectivity index (χ3v) is 3.13. The molecular formula is C13H11N3O3. The second-order valence-electron chi connectivity index (χ2n) is 4.35. The first-order valence-corrected chi connectivity index (χ1v) is 5.85. The van der Waals surface area contributed by atoms with Crippen molar-refractivity contribution in [2.45, 2.75) is 12.8 Å². The summed E-state index contributed by atoms with van der Waals surface area (Å²) in [5.41, 5.74) is 2.99. The van der Waals surface area contributed by atoms with Gasteiger partial charge in [0.25, 0.3) is 0 Å². The molecule has 6 nitrogen and oxygen atoms in total. The van der Waals surface area contributed by atoms with E-state index in [1.165, 1.54) is 6.33 Å². The molecule has 0 aliphatic carbocycles. The van der Waals surface area contributed by atoms with Gasteiger partial charge < -0.3 is 15.4 Å². The molecule has 0 saturated carbocycles. The number of nitrogens with one attached hydrogen (secondary N) is 2. The number of carboxylic acid groups (broad SMARTS) is 1. The molecule has 1 aromatic carbocycles. The highest BCUT2D eigenvalue weighted by molar-refractivity contribution is 5.95. The summed E-state index contributed by atoms with van der Waals surface area (Å²) in [7, 11) is 0.